The summed E-state index contributed by atoms with van der Waals surface area (Å²) in [4.78, 5) is 0. The van der Waals surface area contributed by atoms with Gasteiger partial charge < -0.3 is 9.84 Å². The Hall–Kier alpha value is -0.550. The highest BCUT2D eigenvalue weighted by Gasteiger charge is 2.70. The van der Waals surface area contributed by atoms with E-state index in [0.29, 0.717) is 12.8 Å². The van der Waals surface area contributed by atoms with Gasteiger partial charge in [-0.2, -0.15) is 13.2 Å². The minimum Gasteiger partial charge on any atom is -0.368 e. The van der Waals surface area contributed by atoms with Crippen molar-refractivity contribution < 1.29 is 23.0 Å². The van der Waals surface area contributed by atoms with Crippen LogP contribution in [0.3, 0.4) is 0 Å². The first-order valence-corrected chi connectivity index (χ1v) is 4.97. The van der Waals surface area contributed by atoms with E-state index in [1.165, 1.54) is 6.08 Å². The smallest absolute Gasteiger partial charge is 0.368 e. The highest BCUT2D eigenvalue weighted by atomic mass is 19.4. The quantitative estimate of drug-likeness (QED) is 0.689. The fourth-order valence-corrected chi connectivity index (χ4v) is 2.91. The summed E-state index contributed by atoms with van der Waals surface area (Å²) in [6.07, 6.45) is -3.49. The van der Waals surface area contributed by atoms with Crippen molar-refractivity contribution in [3.05, 3.63) is 12.7 Å². The molecule has 1 aliphatic carbocycles. The lowest BCUT2D eigenvalue weighted by Crippen LogP contribution is -2.51. The van der Waals surface area contributed by atoms with Gasteiger partial charge in [-0.1, -0.05) is 6.08 Å². The predicted molar refractivity (Wildman–Crippen MR) is 46.9 cm³/mol. The molecule has 0 aromatic rings. The zero-order valence-corrected chi connectivity index (χ0v) is 8.13. The monoisotopic (exact) mass is 222 g/mol. The van der Waals surface area contributed by atoms with Crippen molar-refractivity contribution >= 4 is 0 Å². The Kier molecular flexibility index (Phi) is 2.35. The fourth-order valence-electron chi connectivity index (χ4n) is 2.91. The number of fused-ring (bicyclic) bond motifs is 1. The summed E-state index contributed by atoms with van der Waals surface area (Å²) in [6.45, 7) is 3.43. The Morgan fingerprint density at radius 1 is 1.40 bits per heavy atom. The first kappa shape index (κ1) is 11.0. The van der Waals surface area contributed by atoms with Crippen LogP contribution in [0, 0.1) is 11.8 Å². The molecule has 0 amide bonds. The average molecular weight is 222 g/mol. The number of hydrogen-bond acceptors (Lipinski definition) is 2. The van der Waals surface area contributed by atoms with E-state index in [0.717, 1.165) is 0 Å². The van der Waals surface area contributed by atoms with Crippen molar-refractivity contribution in [2.75, 3.05) is 0 Å². The van der Waals surface area contributed by atoms with Gasteiger partial charge in [0.05, 0.1) is 0 Å². The SMILES string of the molecule is C=C[C@H]1CC[C@@H]2CC(O)O[C@@]21C(F)(F)F. The van der Waals surface area contributed by atoms with Crippen LogP contribution in [0.25, 0.3) is 0 Å². The third kappa shape index (κ3) is 1.33. The molecular formula is C10H13F3O2. The Morgan fingerprint density at radius 3 is 2.60 bits per heavy atom. The standard InChI is InChI=1S/C10H13F3O2/c1-2-6-3-4-7-5-8(14)15-9(6,7)10(11,12)13/h2,6-8,14H,1,3-5H2/t6-,7+,8?,9+/m0/s1. The molecular weight excluding hydrogens is 209 g/mol. The number of ether oxygens (including phenoxy) is 1. The normalized spacial score (nSPS) is 45.5. The highest BCUT2D eigenvalue weighted by Crippen LogP contribution is 2.58. The van der Waals surface area contributed by atoms with Gasteiger partial charge in [-0.25, -0.2) is 0 Å². The molecule has 2 nitrogen and oxygen atoms in total. The van der Waals surface area contributed by atoms with E-state index in [1.54, 1.807) is 0 Å². The topological polar surface area (TPSA) is 29.5 Å². The Morgan fingerprint density at radius 2 is 2.07 bits per heavy atom. The molecule has 1 aliphatic heterocycles. The maximum Gasteiger partial charge on any atom is 0.418 e. The second kappa shape index (κ2) is 3.22. The molecule has 1 unspecified atom stereocenters. The molecule has 1 saturated heterocycles. The van der Waals surface area contributed by atoms with E-state index in [1.807, 2.05) is 0 Å². The van der Waals surface area contributed by atoms with Gasteiger partial charge in [0.25, 0.3) is 0 Å². The molecule has 0 radical (unpaired) electrons. The Bertz CT molecular complexity index is 276. The van der Waals surface area contributed by atoms with E-state index < -0.39 is 29.9 Å². The average Bonchev–Trinajstić information content (AvgIpc) is 2.57. The van der Waals surface area contributed by atoms with Crippen LogP contribution in [0.4, 0.5) is 13.2 Å². The van der Waals surface area contributed by atoms with Gasteiger partial charge in [-0.15, -0.1) is 6.58 Å². The molecule has 1 heterocycles. The van der Waals surface area contributed by atoms with E-state index in [-0.39, 0.29) is 6.42 Å². The largest absolute Gasteiger partial charge is 0.418 e. The van der Waals surface area contributed by atoms with Crippen molar-refractivity contribution in [1.29, 1.82) is 0 Å². The second-order valence-corrected chi connectivity index (χ2v) is 4.22. The first-order valence-electron chi connectivity index (χ1n) is 4.97. The van der Waals surface area contributed by atoms with Gasteiger partial charge in [-0.3, -0.25) is 0 Å². The molecule has 0 aromatic carbocycles. The zero-order valence-electron chi connectivity index (χ0n) is 8.13. The number of hydrogen-bond donors (Lipinski definition) is 1. The maximum absolute atomic E-state index is 13.0. The summed E-state index contributed by atoms with van der Waals surface area (Å²) in [5.41, 5.74) is -2.19. The molecule has 1 N–H and O–H groups in total. The summed E-state index contributed by atoms with van der Waals surface area (Å²) in [5.74, 6) is -1.37. The van der Waals surface area contributed by atoms with Gasteiger partial charge in [0.1, 0.15) is 0 Å². The van der Waals surface area contributed by atoms with Gasteiger partial charge >= 0.3 is 6.18 Å². The van der Waals surface area contributed by atoms with Gasteiger partial charge in [-0.05, 0) is 12.8 Å². The van der Waals surface area contributed by atoms with E-state index in [9.17, 15) is 18.3 Å². The number of aliphatic hydroxyl groups is 1. The van der Waals surface area contributed by atoms with E-state index >= 15 is 0 Å². The van der Waals surface area contributed by atoms with E-state index in [4.69, 9.17) is 4.74 Å². The summed E-state index contributed by atoms with van der Waals surface area (Å²) >= 11 is 0. The highest BCUT2D eigenvalue weighted by molar-refractivity contribution is 5.12. The maximum atomic E-state index is 13.0. The summed E-state index contributed by atoms with van der Waals surface area (Å²) in [5, 5.41) is 9.22. The molecule has 2 aliphatic rings. The van der Waals surface area contributed by atoms with Crippen molar-refractivity contribution in [2.45, 2.75) is 37.3 Å². The van der Waals surface area contributed by atoms with Crippen molar-refractivity contribution in [3.8, 4) is 0 Å². The second-order valence-electron chi connectivity index (χ2n) is 4.22. The summed E-state index contributed by atoms with van der Waals surface area (Å²) in [7, 11) is 0. The van der Waals surface area contributed by atoms with Crippen LogP contribution >= 0.6 is 0 Å². The Labute approximate surface area is 85.7 Å². The summed E-state index contributed by atoms with van der Waals surface area (Å²) in [6, 6.07) is 0. The van der Waals surface area contributed by atoms with Crippen LogP contribution in [0.2, 0.25) is 0 Å². The third-order valence-corrected chi connectivity index (χ3v) is 3.53. The fraction of sp³-hybridized carbons (Fsp3) is 0.800. The number of halogens is 3. The van der Waals surface area contributed by atoms with Crippen LogP contribution < -0.4 is 0 Å². The van der Waals surface area contributed by atoms with Crippen LogP contribution in [-0.2, 0) is 4.74 Å². The van der Waals surface area contributed by atoms with Crippen LogP contribution in [0.15, 0.2) is 12.7 Å². The molecule has 4 atom stereocenters. The minimum absolute atomic E-state index is 0.0733. The van der Waals surface area contributed by atoms with Crippen molar-refractivity contribution in [2.24, 2.45) is 11.8 Å². The lowest BCUT2D eigenvalue weighted by atomic mass is 9.83. The van der Waals surface area contributed by atoms with Crippen LogP contribution in [0.5, 0.6) is 0 Å². The molecule has 15 heavy (non-hydrogen) atoms. The van der Waals surface area contributed by atoms with E-state index in [2.05, 4.69) is 6.58 Å². The molecule has 1 saturated carbocycles. The molecule has 2 fully saturated rings. The lowest BCUT2D eigenvalue weighted by Gasteiger charge is -2.35. The number of aliphatic hydroxyl groups excluding tert-OH is 1. The third-order valence-electron chi connectivity index (χ3n) is 3.53. The molecule has 0 aromatic heterocycles. The first-order chi connectivity index (χ1) is 6.91. The minimum atomic E-state index is -4.44. The molecule has 0 bridgehead atoms. The lowest BCUT2D eigenvalue weighted by molar-refractivity contribution is -0.305. The van der Waals surface area contributed by atoms with Gasteiger partial charge in [0.2, 0.25) is 0 Å². The summed E-state index contributed by atoms with van der Waals surface area (Å²) < 4.78 is 43.9. The van der Waals surface area contributed by atoms with Crippen LogP contribution in [-0.4, -0.2) is 23.2 Å². The predicted octanol–water partition coefficient (Wildman–Crippen LogP) is 2.24. The molecule has 2 rings (SSSR count). The number of rotatable bonds is 1. The van der Waals surface area contributed by atoms with Crippen molar-refractivity contribution in [3.63, 3.8) is 0 Å². The zero-order chi connectivity index (χ0) is 11.3. The van der Waals surface area contributed by atoms with Gasteiger partial charge in [0, 0.05) is 18.3 Å². The molecule has 5 heteroatoms. The molecule has 86 valence electrons. The van der Waals surface area contributed by atoms with Crippen LogP contribution in [0.1, 0.15) is 19.3 Å². The number of alkyl halides is 3. The van der Waals surface area contributed by atoms with Gasteiger partial charge in [0.15, 0.2) is 11.9 Å². The molecule has 0 spiro atoms. The van der Waals surface area contributed by atoms with Crippen molar-refractivity contribution in [1.82, 2.24) is 0 Å². The Balaban J connectivity index is 2.40.